The number of nitrogens with one attached hydrogen (secondary N) is 1. The Kier molecular flexibility index (Phi) is 4.50. The molecule has 4 aromatic heterocycles. The van der Waals surface area contributed by atoms with Crippen LogP contribution in [0, 0.1) is 6.92 Å². The average Bonchev–Trinajstić information content (AvgIpc) is 3.57. The van der Waals surface area contributed by atoms with Gasteiger partial charge in [0.05, 0.1) is 17.2 Å². The van der Waals surface area contributed by atoms with E-state index in [4.69, 9.17) is 19.6 Å². The van der Waals surface area contributed by atoms with Gasteiger partial charge in [0.1, 0.15) is 41.8 Å². The van der Waals surface area contributed by atoms with Crippen LogP contribution < -0.4 is 10.5 Å². The Morgan fingerprint density at radius 1 is 1.30 bits per heavy atom. The third-order valence-corrected chi connectivity index (χ3v) is 5.72. The molecular formula is C22H20FN7O3. The zero-order chi connectivity index (χ0) is 22.5. The van der Waals surface area contributed by atoms with Gasteiger partial charge in [0.15, 0.2) is 17.7 Å². The maximum atomic E-state index is 15.1. The van der Waals surface area contributed by atoms with Gasteiger partial charge in [0.25, 0.3) is 0 Å². The predicted octanol–water partition coefficient (Wildman–Crippen LogP) is 3.56. The summed E-state index contributed by atoms with van der Waals surface area (Å²) in [4.78, 5) is 12.7. The number of aromatic nitrogens is 6. The van der Waals surface area contributed by atoms with Crippen molar-refractivity contribution in [3.8, 4) is 17.0 Å². The standard InChI is InChI=1S/C22H20FN7O3/c1-11-28-17-7-12(2-3-18(17)32-11)31-9-13-6-15(23)22(33-13)30-8-14(16-4-5-27-29-16)19-20(24)25-10-26-21(19)30/h2-5,7-8,10,13,15,22H,6,9H2,1H3,(H,27,29)(H2,24,25,26)/t13-,15-,22+/m0/s1. The molecule has 10 nitrogen and oxygen atoms in total. The number of rotatable bonds is 5. The van der Waals surface area contributed by atoms with E-state index in [1.165, 1.54) is 6.33 Å². The molecule has 1 aromatic carbocycles. The molecule has 1 aliphatic rings. The van der Waals surface area contributed by atoms with Crippen LogP contribution in [0.3, 0.4) is 0 Å². The molecule has 0 amide bonds. The number of anilines is 1. The smallest absolute Gasteiger partial charge is 0.192 e. The van der Waals surface area contributed by atoms with E-state index in [1.807, 2.05) is 0 Å². The van der Waals surface area contributed by atoms with Crippen molar-refractivity contribution in [1.29, 1.82) is 0 Å². The first-order chi connectivity index (χ1) is 16.1. The van der Waals surface area contributed by atoms with Crippen molar-refractivity contribution in [3.63, 3.8) is 0 Å². The van der Waals surface area contributed by atoms with E-state index in [0.29, 0.717) is 50.8 Å². The molecule has 33 heavy (non-hydrogen) atoms. The van der Waals surface area contributed by atoms with E-state index in [0.717, 1.165) is 0 Å². The van der Waals surface area contributed by atoms with Crippen molar-refractivity contribution >= 4 is 28.0 Å². The molecular weight excluding hydrogens is 429 g/mol. The molecule has 1 fully saturated rings. The summed E-state index contributed by atoms with van der Waals surface area (Å²) >= 11 is 0. The van der Waals surface area contributed by atoms with Gasteiger partial charge in [0, 0.05) is 37.4 Å². The molecule has 3 atom stereocenters. The number of H-pyrrole nitrogens is 1. The summed E-state index contributed by atoms with van der Waals surface area (Å²) in [6, 6.07) is 7.19. The Labute approximate surface area is 186 Å². The summed E-state index contributed by atoms with van der Waals surface area (Å²) < 4.78 is 34.2. The van der Waals surface area contributed by atoms with Gasteiger partial charge in [-0.25, -0.2) is 19.3 Å². The highest BCUT2D eigenvalue weighted by molar-refractivity contribution is 5.99. The number of hydrogen-bond acceptors (Lipinski definition) is 8. The van der Waals surface area contributed by atoms with E-state index < -0.39 is 18.5 Å². The predicted molar refractivity (Wildman–Crippen MR) is 117 cm³/mol. The fourth-order valence-electron chi connectivity index (χ4n) is 4.26. The first kappa shape index (κ1) is 19.7. The van der Waals surface area contributed by atoms with Crippen molar-refractivity contribution in [2.24, 2.45) is 0 Å². The molecule has 5 aromatic rings. The third kappa shape index (κ3) is 3.37. The van der Waals surface area contributed by atoms with E-state index in [1.54, 1.807) is 48.1 Å². The Bertz CT molecular complexity index is 1450. The molecule has 1 saturated heterocycles. The summed E-state index contributed by atoms with van der Waals surface area (Å²) in [5, 5.41) is 7.61. The lowest BCUT2D eigenvalue weighted by atomic mass is 10.2. The van der Waals surface area contributed by atoms with Crippen molar-refractivity contribution in [3.05, 3.63) is 48.9 Å². The van der Waals surface area contributed by atoms with Gasteiger partial charge in [-0.1, -0.05) is 0 Å². The fraction of sp³-hybridized carbons (Fsp3) is 0.273. The van der Waals surface area contributed by atoms with Crippen LogP contribution in [0.2, 0.25) is 0 Å². The lowest BCUT2D eigenvalue weighted by molar-refractivity contribution is -0.0309. The quantitative estimate of drug-likeness (QED) is 0.417. The maximum absolute atomic E-state index is 15.1. The molecule has 0 spiro atoms. The van der Waals surface area contributed by atoms with Crippen LogP contribution in [0.25, 0.3) is 33.4 Å². The summed E-state index contributed by atoms with van der Waals surface area (Å²) in [6.45, 7) is 1.98. The molecule has 1 aliphatic heterocycles. The number of alkyl halides is 1. The second-order valence-electron chi connectivity index (χ2n) is 7.94. The molecule has 11 heteroatoms. The SMILES string of the molecule is Cc1nc2cc(OC[C@@H]3C[C@H](F)[C@H](n4cc(-c5cc[nH]n5)c5c(N)ncnc54)O3)ccc2o1. The maximum Gasteiger partial charge on any atom is 0.192 e. The number of fused-ring (bicyclic) bond motifs is 2. The molecule has 6 rings (SSSR count). The number of nitrogen functional groups attached to an aromatic ring is 1. The van der Waals surface area contributed by atoms with Crippen LogP contribution in [0.5, 0.6) is 5.75 Å². The van der Waals surface area contributed by atoms with Crippen molar-refractivity contribution in [2.75, 3.05) is 12.3 Å². The van der Waals surface area contributed by atoms with Crippen LogP contribution in [0.1, 0.15) is 18.5 Å². The molecule has 0 aliphatic carbocycles. The van der Waals surface area contributed by atoms with Gasteiger partial charge < -0.3 is 24.2 Å². The number of aromatic amines is 1. The number of nitrogens with zero attached hydrogens (tertiary/aromatic N) is 5. The molecule has 0 unspecified atom stereocenters. The number of halogens is 1. The van der Waals surface area contributed by atoms with Crippen molar-refractivity contribution in [2.45, 2.75) is 31.8 Å². The Balaban J connectivity index is 1.25. The van der Waals surface area contributed by atoms with E-state index in [-0.39, 0.29) is 13.0 Å². The van der Waals surface area contributed by atoms with E-state index in [2.05, 4.69) is 25.1 Å². The van der Waals surface area contributed by atoms with Gasteiger partial charge in [-0.2, -0.15) is 5.10 Å². The highest BCUT2D eigenvalue weighted by Gasteiger charge is 2.38. The Morgan fingerprint density at radius 3 is 3.06 bits per heavy atom. The monoisotopic (exact) mass is 449 g/mol. The van der Waals surface area contributed by atoms with Crippen LogP contribution >= 0.6 is 0 Å². The second kappa shape index (κ2) is 7.55. The third-order valence-electron chi connectivity index (χ3n) is 5.72. The van der Waals surface area contributed by atoms with Crippen LogP contribution in [-0.2, 0) is 4.74 Å². The lowest BCUT2D eigenvalue weighted by Crippen LogP contribution is -2.19. The summed E-state index contributed by atoms with van der Waals surface area (Å²) in [7, 11) is 0. The number of hydrogen-bond donors (Lipinski definition) is 2. The van der Waals surface area contributed by atoms with Crippen LogP contribution in [0.4, 0.5) is 10.2 Å². The number of aryl methyl sites for hydroxylation is 1. The molecule has 0 saturated carbocycles. The Hall–Kier alpha value is -3.99. The van der Waals surface area contributed by atoms with Crippen molar-refractivity contribution in [1.82, 2.24) is 29.7 Å². The molecule has 0 radical (unpaired) electrons. The Morgan fingerprint density at radius 2 is 2.21 bits per heavy atom. The average molecular weight is 449 g/mol. The largest absolute Gasteiger partial charge is 0.491 e. The summed E-state index contributed by atoms with van der Waals surface area (Å²) in [5.74, 6) is 1.50. The highest BCUT2D eigenvalue weighted by atomic mass is 19.1. The van der Waals surface area contributed by atoms with Gasteiger partial charge in [-0.05, 0) is 18.2 Å². The minimum atomic E-state index is -1.25. The molecule has 3 N–H and O–H groups in total. The first-order valence-electron chi connectivity index (χ1n) is 10.5. The van der Waals surface area contributed by atoms with Crippen LogP contribution in [-0.4, -0.2) is 48.6 Å². The zero-order valence-corrected chi connectivity index (χ0v) is 17.6. The number of oxazole rings is 1. The van der Waals surface area contributed by atoms with Gasteiger partial charge >= 0.3 is 0 Å². The lowest BCUT2D eigenvalue weighted by Gasteiger charge is -2.17. The summed E-state index contributed by atoms with van der Waals surface area (Å²) in [5.41, 5.74) is 9.37. The number of nitrogens with two attached hydrogens (primary N) is 1. The number of benzene rings is 1. The fourth-order valence-corrected chi connectivity index (χ4v) is 4.26. The molecule has 168 valence electrons. The second-order valence-corrected chi connectivity index (χ2v) is 7.94. The molecule has 0 bridgehead atoms. The van der Waals surface area contributed by atoms with E-state index >= 15 is 4.39 Å². The minimum absolute atomic E-state index is 0.188. The summed E-state index contributed by atoms with van der Waals surface area (Å²) in [6.07, 6.45) is 2.44. The van der Waals surface area contributed by atoms with Crippen LogP contribution in [0.15, 0.2) is 47.4 Å². The highest BCUT2D eigenvalue weighted by Crippen LogP contribution is 2.38. The van der Waals surface area contributed by atoms with Gasteiger partial charge in [-0.3, -0.25) is 5.10 Å². The van der Waals surface area contributed by atoms with E-state index in [9.17, 15) is 0 Å². The first-order valence-corrected chi connectivity index (χ1v) is 10.5. The number of ether oxygens (including phenoxy) is 2. The normalized spacial score (nSPS) is 20.7. The van der Waals surface area contributed by atoms with Gasteiger partial charge in [0.2, 0.25) is 0 Å². The minimum Gasteiger partial charge on any atom is -0.491 e. The zero-order valence-electron chi connectivity index (χ0n) is 17.6. The molecule has 5 heterocycles. The van der Waals surface area contributed by atoms with Crippen molar-refractivity contribution < 1.29 is 18.3 Å². The van der Waals surface area contributed by atoms with Gasteiger partial charge in [-0.15, -0.1) is 0 Å². The topological polar surface area (TPSA) is 130 Å².